The average molecular weight is 269 g/mol. The van der Waals surface area contributed by atoms with Crippen molar-refractivity contribution in [3.63, 3.8) is 0 Å². The van der Waals surface area contributed by atoms with Crippen LogP contribution in [0.5, 0.6) is 0 Å². The first-order valence-corrected chi connectivity index (χ1v) is 6.90. The summed E-state index contributed by atoms with van der Waals surface area (Å²) in [6, 6.07) is 0.659. The Morgan fingerprint density at radius 1 is 1.32 bits per heavy atom. The fraction of sp³-hybridized carbons (Fsp3) is 0.846. The quantitative estimate of drug-likeness (QED) is 0.684. The smallest absolute Gasteiger partial charge is 0.315 e. The Bertz CT molecular complexity index is 366. The number of likely N-dealkylation sites (tertiary alicyclic amines) is 1. The lowest BCUT2D eigenvalue weighted by atomic mass is 9.94. The van der Waals surface area contributed by atoms with Gasteiger partial charge in [-0.05, 0) is 33.1 Å². The van der Waals surface area contributed by atoms with E-state index in [1.54, 1.807) is 13.8 Å². The molecule has 1 atom stereocenters. The SMILES string of the molecule is CC(C)(CNC(=O)NC1CCN(C2CC2)C1)C(=O)O. The van der Waals surface area contributed by atoms with Gasteiger partial charge in [-0.15, -0.1) is 0 Å². The van der Waals surface area contributed by atoms with Gasteiger partial charge >= 0.3 is 12.0 Å². The lowest BCUT2D eigenvalue weighted by Crippen LogP contribution is -2.47. The minimum atomic E-state index is -0.937. The molecule has 1 saturated carbocycles. The normalized spacial score (nSPS) is 24.2. The van der Waals surface area contributed by atoms with Crippen LogP contribution in [0, 0.1) is 5.41 Å². The first-order valence-electron chi connectivity index (χ1n) is 6.90. The molecule has 0 aromatic heterocycles. The fourth-order valence-corrected chi connectivity index (χ4v) is 2.29. The molecule has 1 aliphatic heterocycles. The summed E-state index contributed by atoms with van der Waals surface area (Å²) >= 11 is 0. The van der Waals surface area contributed by atoms with Gasteiger partial charge in [0.1, 0.15) is 0 Å². The summed E-state index contributed by atoms with van der Waals surface area (Å²) in [6.07, 6.45) is 3.55. The summed E-state index contributed by atoms with van der Waals surface area (Å²) in [5, 5.41) is 14.5. The average Bonchev–Trinajstić information content (AvgIpc) is 3.08. The van der Waals surface area contributed by atoms with Gasteiger partial charge < -0.3 is 15.7 Å². The van der Waals surface area contributed by atoms with Crippen LogP contribution in [0.4, 0.5) is 4.79 Å². The van der Waals surface area contributed by atoms with Gasteiger partial charge in [-0.1, -0.05) is 0 Å². The predicted molar refractivity (Wildman–Crippen MR) is 71.0 cm³/mol. The number of carboxylic acid groups (broad SMARTS) is 1. The molecule has 19 heavy (non-hydrogen) atoms. The van der Waals surface area contributed by atoms with Crippen molar-refractivity contribution in [2.45, 2.75) is 45.2 Å². The minimum Gasteiger partial charge on any atom is -0.481 e. The Kier molecular flexibility index (Phi) is 3.99. The van der Waals surface area contributed by atoms with Crippen LogP contribution < -0.4 is 10.6 Å². The summed E-state index contributed by atoms with van der Waals surface area (Å²) in [6.45, 7) is 5.30. The van der Waals surface area contributed by atoms with Crippen molar-refractivity contribution in [1.82, 2.24) is 15.5 Å². The molecule has 2 amide bonds. The number of carbonyl (C=O) groups is 2. The number of nitrogens with one attached hydrogen (secondary N) is 2. The van der Waals surface area contributed by atoms with E-state index in [-0.39, 0.29) is 18.6 Å². The van der Waals surface area contributed by atoms with Crippen molar-refractivity contribution in [1.29, 1.82) is 0 Å². The number of aliphatic carboxylic acids is 1. The van der Waals surface area contributed by atoms with Crippen molar-refractivity contribution in [3.05, 3.63) is 0 Å². The number of hydrogen-bond acceptors (Lipinski definition) is 3. The lowest BCUT2D eigenvalue weighted by Gasteiger charge is -2.21. The number of nitrogens with zero attached hydrogens (tertiary/aromatic N) is 1. The minimum absolute atomic E-state index is 0.132. The van der Waals surface area contributed by atoms with Crippen LogP contribution in [0.1, 0.15) is 33.1 Å². The number of carboxylic acids is 1. The van der Waals surface area contributed by atoms with E-state index < -0.39 is 11.4 Å². The third-order valence-electron chi connectivity index (χ3n) is 3.89. The van der Waals surface area contributed by atoms with Crippen LogP contribution in [-0.4, -0.2) is 53.7 Å². The molecule has 108 valence electrons. The molecule has 3 N–H and O–H groups in total. The molecule has 1 heterocycles. The van der Waals surface area contributed by atoms with Gasteiger partial charge in [0.15, 0.2) is 0 Å². The van der Waals surface area contributed by atoms with Crippen molar-refractivity contribution < 1.29 is 14.7 Å². The number of carbonyl (C=O) groups excluding carboxylic acids is 1. The van der Waals surface area contributed by atoms with Crippen LogP contribution in [0.15, 0.2) is 0 Å². The third kappa shape index (κ3) is 3.83. The zero-order valence-electron chi connectivity index (χ0n) is 11.6. The van der Waals surface area contributed by atoms with Crippen LogP contribution in [0.25, 0.3) is 0 Å². The number of hydrogen-bond donors (Lipinski definition) is 3. The van der Waals surface area contributed by atoms with Gasteiger partial charge in [0.25, 0.3) is 0 Å². The molecule has 0 aromatic rings. The summed E-state index contributed by atoms with van der Waals surface area (Å²) in [7, 11) is 0. The van der Waals surface area contributed by atoms with E-state index in [9.17, 15) is 9.59 Å². The molecule has 2 rings (SSSR count). The topological polar surface area (TPSA) is 81.7 Å². The molecule has 6 nitrogen and oxygen atoms in total. The summed E-state index contributed by atoms with van der Waals surface area (Å²) < 4.78 is 0. The third-order valence-corrected chi connectivity index (χ3v) is 3.89. The Morgan fingerprint density at radius 3 is 2.58 bits per heavy atom. The van der Waals surface area contributed by atoms with Crippen molar-refractivity contribution in [3.8, 4) is 0 Å². The molecule has 0 spiro atoms. The molecular weight excluding hydrogens is 246 g/mol. The monoisotopic (exact) mass is 269 g/mol. The zero-order valence-corrected chi connectivity index (χ0v) is 11.6. The maximum Gasteiger partial charge on any atom is 0.315 e. The van der Waals surface area contributed by atoms with Crippen molar-refractivity contribution in [2.75, 3.05) is 19.6 Å². The van der Waals surface area contributed by atoms with Gasteiger partial charge in [-0.3, -0.25) is 9.69 Å². The van der Waals surface area contributed by atoms with E-state index in [1.807, 2.05) is 0 Å². The van der Waals surface area contributed by atoms with Crippen LogP contribution in [0.2, 0.25) is 0 Å². The van der Waals surface area contributed by atoms with Crippen LogP contribution >= 0.6 is 0 Å². The van der Waals surface area contributed by atoms with Crippen LogP contribution in [0.3, 0.4) is 0 Å². The number of amides is 2. The largest absolute Gasteiger partial charge is 0.481 e. The van der Waals surface area contributed by atoms with Crippen molar-refractivity contribution >= 4 is 12.0 Å². The van der Waals surface area contributed by atoms with E-state index in [2.05, 4.69) is 15.5 Å². The van der Waals surface area contributed by atoms with E-state index in [0.717, 1.165) is 25.6 Å². The lowest BCUT2D eigenvalue weighted by molar-refractivity contribution is -0.146. The van der Waals surface area contributed by atoms with Gasteiger partial charge in [0.05, 0.1) is 5.41 Å². The molecule has 6 heteroatoms. The Morgan fingerprint density at radius 2 is 2.00 bits per heavy atom. The summed E-state index contributed by atoms with van der Waals surface area (Å²) in [4.78, 5) is 25.1. The first kappa shape index (κ1) is 14.1. The van der Waals surface area contributed by atoms with Gasteiger partial charge in [0.2, 0.25) is 0 Å². The highest BCUT2D eigenvalue weighted by Crippen LogP contribution is 2.29. The molecule has 0 radical (unpaired) electrons. The maximum atomic E-state index is 11.7. The fourth-order valence-electron chi connectivity index (χ4n) is 2.29. The predicted octanol–water partition coefficient (Wildman–Crippen LogP) is 0.633. The van der Waals surface area contributed by atoms with Crippen LogP contribution in [-0.2, 0) is 4.79 Å². The van der Waals surface area contributed by atoms with Gasteiger partial charge in [-0.25, -0.2) is 4.79 Å². The Labute approximate surface area is 113 Å². The maximum absolute atomic E-state index is 11.7. The molecular formula is C13H23N3O3. The van der Waals surface area contributed by atoms with E-state index in [4.69, 9.17) is 5.11 Å². The second kappa shape index (κ2) is 5.36. The molecule has 2 fully saturated rings. The summed E-state index contributed by atoms with van der Waals surface area (Å²) in [5.41, 5.74) is -0.937. The van der Waals surface area contributed by atoms with Gasteiger partial charge in [0, 0.05) is 31.7 Å². The Balaban J connectivity index is 1.68. The van der Waals surface area contributed by atoms with Crippen molar-refractivity contribution in [2.24, 2.45) is 5.41 Å². The van der Waals surface area contributed by atoms with E-state index >= 15 is 0 Å². The summed E-state index contributed by atoms with van der Waals surface area (Å²) in [5.74, 6) is -0.909. The highest BCUT2D eigenvalue weighted by atomic mass is 16.4. The molecule has 1 saturated heterocycles. The first-order chi connectivity index (χ1) is 8.88. The van der Waals surface area contributed by atoms with E-state index in [1.165, 1.54) is 12.8 Å². The second-order valence-corrected chi connectivity index (χ2v) is 6.23. The zero-order chi connectivity index (χ0) is 14.0. The molecule has 2 aliphatic rings. The highest BCUT2D eigenvalue weighted by molar-refractivity contribution is 5.77. The van der Waals surface area contributed by atoms with E-state index in [0.29, 0.717) is 0 Å². The molecule has 1 aliphatic carbocycles. The van der Waals surface area contributed by atoms with Gasteiger partial charge in [-0.2, -0.15) is 0 Å². The standard InChI is InChI=1S/C13H23N3O3/c1-13(2,11(17)18)8-14-12(19)15-9-5-6-16(7-9)10-3-4-10/h9-10H,3-8H2,1-2H3,(H,17,18)(H2,14,15,19). The molecule has 0 aromatic carbocycles. The number of rotatable bonds is 5. The molecule has 1 unspecified atom stereocenters. The second-order valence-electron chi connectivity index (χ2n) is 6.23. The number of urea groups is 1. The molecule has 0 bridgehead atoms. The highest BCUT2D eigenvalue weighted by Gasteiger charge is 2.35. The Hall–Kier alpha value is -1.30.